The fraction of sp³-hybridized carbons (Fsp3) is 0.538. The normalized spacial score (nSPS) is 18.9. The van der Waals surface area contributed by atoms with Crippen LogP contribution in [-0.4, -0.2) is 28.1 Å². The second kappa shape index (κ2) is 5.97. The van der Waals surface area contributed by atoms with Crippen LogP contribution in [0.25, 0.3) is 0 Å². The van der Waals surface area contributed by atoms with Crippen molar-refractivity contribution < 1.29 is 12.8 Å². The van der Waals surface area contributed by atoms with Gasteiger partial charge in [-0.2, -0.15) is 0 Å². The van der Waals surface area contributed by atoms with Gasteiger partial charge in [0.1, 0.15) is 10.7 Å². The third-order valence-electron chi connectivity index (χ3n) is 3.68. The van der Waals surface area contributed by atoms with E-state index in [0.29, 0.717) is 6.54 Å². The zero-order valence-electron chi connectivity index (χ0n) is 11.2. The zero-order chi connectivity index (χ0) is 14.8. The molecule has 7 heteroatoms. The molecule has 1 fully saturated rings. The van der Waals surface area contributed by atoms with E-state index in [0.717, 1.165) is 38.1 Å². The molecule has 1 aromatic carbocycles. The Labute approximate surface area is 123 Å². The van der Waals surface area contributed by atoms with E-state index in [-0.39, 0.29) is 10.4 Å². The van der Waals surface area contributed by atoms with Gasteiger partial charge < -0.3 is 5.32 Å². The van der Waals surface area contributed by atoms with Crippen LogP contribution in [0.3, 0.4) is 0 Å². The van der Waals surface area contributed by atoms with Crippen LogP contribution in [0.15, 0.2) is 23.1 Å². The maximum Gasteiger partial charge on any atom is 0.243 e. The molecule has 4 nitrogen and oxygen atoms in total. The molecule has 1 saturated heterocycles. The maximum atomic E-state index is 13.6. The van der Waals surface area contributed by atoms with Gasteiger partial charge in [0.25, 0.3) is 0 Å². The number of hydrogen-bond donors (Lipinski definition) is 2. The van der Waals surface area contributed by atoms with Crippen LogP contribution in [0.2, 0.25) is 5.02 Å². The van der Waals surface area contributed by atoms with Crippen LogP contribution in [0.5, 0.6) is 0 Å². The van der Waals surface area contributed by atoms with Crippen molar-refractivity contribution in [1.29, 1.82) is 0 Å². The first-order valence-corrected chi connectivity index (χ1v) is 8.34. The Kier molecular flexibility index (Phi) is 4.69. The Morgan fingerprint density at radius 2 is 2.05 bits per heavy atom. The fourth-order valence-electron chi connectivity index (χ4n) is 2.24. The molecule has 1 heterocycles. The lowest BCUT2D eigenvalue weighted by atomic mass is 9.81. The van der Waals surface area contributed by atoms with Crippen LogP contribution in [0, 0.1) is 11.2 Å². The minimum Gasteiger partial charge on any atom is -0.317 e. The van der Waals surface area contributed by atoms with Gasteiger partial charge in [-0.25, -0.2) is 17.5 Å². The molecule has 20 heavy (non-hydrogen) atoms. The molecule has 0 amide bonds. The average molecular weight is 321 g/mol. The predicted molar refractivity (Wildman–Crippen MR) is 76.8 cm³/mol. The van der Waals surface area contributed by atoms with Crippen LogP contribution < -0.4 is 10.0 Å². The van der Waals surface area contributed by atoms with Gasteiger partial charge in [0.05, 0.1) is 0 Å². The minimum atomic E-state index is -3.88. The first kappa shape index (κ1) is 15.7. The van der Waals surface area contributed by atoms with E-state index in [9.17, 15) is 12.8 Å². The zero-order valence-corrected chi connectivity index (χ0v) is 12.8. The summed E-state index contributed by atoms with van der Waals surface area (Å²) < 4.78 is 40.5. The molecular formula is C13H18ClFN2O2S. The summed E-state index contributed by atoms with van der Waals surface area (Å²) in [6.07, 6.45) is 1.76. The molecule has 0 spiro atoms. The molecule has 1 aromatic rings. The lowest BCUT2D eigenvalue weighted by Crippen LogP contribution is -2.43. The molecule has 112 valence electrons. The van der Waals surface area contributed by atoms with Gasteiger partial charge >= 0.3 is 0 Å². The SMILES string of the molecule is CC1(CNS(=O)(=O)c2cc(Cl)ccc2F)CCNCC1. The van der Waals surface area contributed by atoms with E-state index in [1.54, 1.807) is 0 Å². The quantitative estimate of drug-likeness (QED) is 0.893. The molecule has 0 aliphatic carbocycles. The molecule has 0 saturated carbocycles. The van der Waals surface area contributed by atoms with Crippen molar-refractivity contribution >= 4 is 21.6 Å². The standard InChI is InChI=1S/C13H18ClFN2O2S/c1-13(4-6-16-7-5-13)9-17-20(18,19)12-8-10(14)2-3-11(12)15/h2-3,8,16-17H,4-7,9H2,1H3. The van der Waals surface area contributed by atoms with Crippen molar-refractivity contribution in [2.45, 2.75) is 24.7 Å². The molecule has 1 aliphatic rings. The van der Waals surface area contributed by atoms with Crippen molar-refractivity contribution in [3.05, 3.63) is 29.0 Å². The van der Waals surface area contributed by atoms with E-state index in [4.69, 9.17) is 11.6 Å². The summed E-state index contributed by atoms with van der Waals surface area (Å²) >= 11 is 5.73. The predicted octanol–water partition coefficient (Wildman–Crippen LogP) is 2.15. The summed E-state index contributed by atoms with van der Waals surface area (Å²) in [6, 6.07) is 3.51. The first-order chi connectivity index (χ1) is 9.32. The van der Waals surface area contributed by atoms with Crippen molar-refractivity contribution in [1.82, 2.24) is 10.0 Å². The second-order valence-corrected chi connectivity index (χ2v) is 7.63. The second-order valence-electron chi connectivity index (χ2n) is 5.46. The molecule has 0 aromatic heterocycles. The molecule has 0 atom stereocenters. The lowest BCUT2D eigenvalue weighted by molar-refractivity contribution is 0.232. The monoisotopic (exact) mass is 320 g/mol. The third kappa shape index (κ3) is 3.69. The van der Waals surface area contributed by atoms with Crippen molar-refractivity contribution in [3.8, 4) is 0 Å². The van der Waals surface area contributed by atoms with Crippen molar-refractivity contribution in [2.75, 3.05) is 19.6 Å². The minimum absolute atomic E-state index is 0.104. The molecule has 2 N–H and O–H groups in total. The number of hydrogen-bond acceptors (Lipinski definition) is 3. The Morgan fingerprint density at radius 3 is 2.70 bits per heavy atom. The summed E-state index contributed by atoms with van der Waals surface area (Å²) in [7, 11) is -3.88. The fourth-order valence-corrected chi connectivity index (χ4v) is 3.77. The Morgan fingerprint density at radius 1 is 1.40 bits per heavy atom. The summed E-state index contributed by atoms with van der Waals surface area (Å²) in [5.74, 6) is -0.794. The van der Waals surface area contributed by atoms with Gasteiger partial charge in [-0.05, 0) is 49.5 Å². The first-order valence-electron chi connectivity index (χ1n) is 6.48. The van der Waals surface area contributed by atoms with E-state index in [1.807, 2.05) is 6.92 Å². The van der Waals surface area contributed by atoms with Crippen LogP contribution in [0.4, 0.5) is 4.39 Å². The average Bonchev–Trinajstić information content (AvgIpc) is 2.40. The van der Waals surface area contributed by atoms with Crippen LogP contribution in [0.1, 0.15) is 19.8 Å². The number of halogens is 2. The molecule has 1 aliphatic heterocycles. The summed E-state index contributed by atoms with van der Waals surface area (Å²) in [5.41, 5.74) is -0.104. The van der Waals surface area contributed by atoms with E-state index in [2.05, 4.69) is 10.0 Å². The van der Waals surface area contributed by atoms with Crippen molar-refractivity contribution in [2.24, 2.45) is 5.41 Å². The number of piperidine rings is 1. The van der Waals surface area contributed by atoms with Crippen molar-refractivity contribution in [3.63, 3.8) is 0 Å². The summed E-state index contributed by atoms with van der Waals surface area (Å²) in [5, 5.41) is 3.42. The largest absolute Gasteiger partial charge is 0.317 e. The van der Waals surface area contributed by atoms with Gasteiger partial charge in [-0.3, -0.25) is 0 Å². The molecule has 2 rings (SSSR count). The van der Waals surface area contributed by atoms with E-state index >= 15 is 0 Å². The highest BCUT2D eigenvalue weighted by Crippen LogP contribution is 2.28. The Bertz CT molecular complexity index is 586. The number of rotatable bonds is 4. The lowest BCUT2D eigenvalue weighted by Gasteiger charge is -2.34. The number of sulfonamides is 1. The highest BCUT2D eigenvalue weighted by molar-refractivity contribution is 7.89. The van der Waals surface area contributed by atoms with Gasteiger partial charge in [-0.1, -0.05) is 18.5 Å². The molecular weight excluding hydrogens is 303 g/mol. The Balaban J connectivity index is 2.13. The highest BCUT2D eigenvalue weighted by atomic mass is 35.5. The van der Waals surface area contributed by atoms with E-state index < -0.39 is 20.7 Å². The topological polar surface area (TPSA) is 58.2 Å². The van der Waals surface area contributed by atoms with Crippen LogP contribution in [-0.2, 0) is 10.0 Å². The summed E-state index contributed by atoms with van der Waals surface area (Å²) in [6.45, 7) is 4.06. The van der Waals surface area contributed by atoms with Gasteiger partial charge in [-0.15, -0.1) is 0 Å². The van der Waals surface area contributed by atoms with Gasteiger partial charge in [0, 0.05) is 11.6 Å². The molecule has 0 unspecified atom stereocenters. The third-order valence-corrected chi connectivity index (χ3v) is 5.33. The van der Waals surface area contributed by atoms with Gasteiger partial charge in [0.2, 0.25) is 10.0 Å². The highest BCUT2D eigenvalue weighted by Gasteiger charge is 2.29. The molecule has 0 bridgehead atoms. The van der Waals surface area contributed by atoms with Crippen LogP contribution >= 0.6 is 11.6 Å². The van der Waals surface area contributed by atoms with Gasteiger partial charge in [0.15, 0.2) is 0 Å². The number of benzene rings is 1. The van der Waals surface area contributed by atoms with E-state index in [1.165, 1.54) is 6.07 Å². The molecule has 0 radical (unpaired) electrons. The summed E-state index contributed by atoms with van der Waals surface area (Å²) in [4.78, 5) is -0.400. The smallest absolute Gasteiger partial charge is 0.243 e. The number of nitrogens with one attached hydrogen (secondary N) is 2. The Hall–Kier alpha value is -0.690. The maximum absolute atomic E-state index is 13.6.